The Bertz CT molecular complexity index is 522. The lowest BCUT2D eigenvalue weighted by atomic mass is 10.2. The summed E-state index contributed by atoms with van der Waals surface area (Å²) in [7, 11) is -2.58. The zero-order valence-electron chi connectivity index (χ0n) is 9.79. The number of aryl methyl sites for hydroxylation is 1. The summed E-state index contributed by atoms with van der Waals surface area (Å²) < 4.78 is 27.3. The van der Waals surface area contributed by atoms with Crippen LogP contribution in [0.4, 0.5) is 0 Å². The molecule has 1 rings (SSSR count). The summed E-state index contributed by atoms with van der Waals surface area (Å²) in [4.78, 5) is 10.9. The summed E-state index contributed by atoms with van der Waals surface area (Å²) in [6.07, 6.45) is 0.752. The van der Waals surface area contributed by atoms with Crippen molar-refractivity contribution in [3.05, 3.63) is 4.60 Å². The first-order chi connectivity index (χ1) is 8.29. The Morgan fingerprint density at radius 1 is 1.61 bits per heavy atom. The number of sulfonamides is 1. The second kappa shape index (κ2) is 5.76. The van der Waals surface area contributed by atoms with Gasteiger partial charge in [-0.05, 0) is 22.4 Å². The summed E-state index contributed by atoms with van der Waals surface area (Å²) >= 11 is 2.96. The van der Waals surface area contributed by atoms with E-state index in [0.717, 1.165) is 4.68 Å². The monoisotopic (exact) mass is 340 g/mol. The predicted octanol–water partition coefficient (Wildman–Crippen LogP) is 0.109. The quantitative estimate of drug-likeness (QED) is 0.759. The van der Waals surface area contributed by atoms with Crippen LogP contribution in [0.1, 0.15) is 19.8 Å². The number of aliphatic carboxylic acids is 1. The second-order valence-electron chi connectivity index (χ2n) is 3.61. The van der Waals surface area contributed by atoms with Gasteiger partial charge in [0.1, 0.15) is 6.04 Å². The average Bonchev–Trinajstić information content (AvgIpc) is 2.58. The third kappa shape index (κ3) is 3.27. The highest BCUT2D eigenvalue weighted by Gasteiger charge is 2.29. The van der Waals surface area contributed by atoms with E-state index in [9.17, 15) is 13.2 Å². The molecule has 0 saturated carbocycles. The minimum Gasteiger partial charge on any atom is -0.480 e. The molecule has 102 valence electrons. The summed E-state index contributed by atoms with van der Waals surface area (Å²) in [5.74, 6) is -1.22. The van der Waals surface area contributed by atoms with Gasteiger partial charge in [0.05, 0.1) is 0 Å². The molecule has 0 fully saturated rings. The Balaban J connectivity index is 3.05. The molecule has 0 amide bonds. The molecule has 0 radical (unpaired) electrons. The lowest BCUT2D eigenvalue weighted by molar-refractivity contribution is -0.139. The molecule has 10 heteroatoms. The number of halogens is 1. The Morgan fingerprint density at radius 2 is 2.22 bits per heavy atom. The molecule has 1 aromatic rings. The minimum absolute atomic E-state index is 0.0399. The van der Waals surface area contributed by atoms with Gasteiger partial charge in [-0.15, -0.1) is 5.10 Å². The number of carboxylic acids is 1. The first-order valence-corrected chi connectivity index (χ1v) is 7.37. The van der Waals surface area contributed by atoms with Crippen molar-refractivity contribution in [2.75, 3.05) is 0 Å². The first kappa shape index (κ1) is 15.1. The third-order valence-corrected chi connectivity index (χ3v) is 4.52. The van der Waals surface area contributed by atoms with Gasteiger partial charge in [0.2, 0.25) is 5.03 Å². The first-order valence-electron chi connectivity index (χ1n) is 5.10. The smallest absolute Gasteiger partial charge is 0.321 e. The van der Waals surface area contributed by atoms with Gasteiger partial charge in [-0.3, -0.25) is 4.79 Å². The summed E-state index contributed by atoms with van der Waals surface area (Å²) in [5.41, 5.74) is 0. The Kier molecular flexibility index (Phi) is 4.82. The van der Waals surface area contributed by atoms with Crippen molar-refractivity contribution in [3.63, 3.8) is 0 Å². The molecule has 0 bridgehead atoms. The number of nitrogens with one attached hydrogen (secondary N) is 1. The number of carboxylic acid groups (broad SMARTS) is 1. The van der Waals surface area contributed by atoms with E-state index in [1.54, 1.807) is 6.92 Å². The number of aromatic nitrogens is 3. The van der Waals surface area contributed by atoms with Crippen molar-refractivity contribution in [1.29, 1.82) is 0 Å². The zero-order valence-corrected chi connectivity index (χ0v) is 12.2. The van der Waals surface area contributed by atoms with Gasteiger partial charge in [-0.2, -0.15) is 4.72 Å². The van der Waals surface area contributed by atoms with Crippen molar-refractivity contribution in [1.82, 2.24) is 19.7 Å². The largest absolute Gasteiger partial charge is 0.480 e. The number of nitrogens with zero attached hydrogens (tertiary/aromatic N) is 3. The molecular weight excluding hydrogens is 328 g/mol. The van der Waals surface area contributed by atoms with Crippen LogP contribution in [0.15, 0.2) is 9.63 Å². The molecule has 0 aliphatic carbocycles. The van der Waals surface area contributed by atoms with Gasteiger partial charge < -0.3 is 5.11 Å². The fraction of sp³-hybridized carbons (Fsp3) is 0.625. The van der Waals surface area contributed by atoms with Gasteiger partial charge in [0.15, 0.2) is 4.60 Å². The molecule has 0 aromatic carbocycles. The SMILES string of the molecule is CCC[C@@H](NS(=O)(=O)c1c(Br)nnn1C)C(=O)O. The van der Waals surface area contributed by atoms with Gasteiger partial charge >= 0.3 is 5.97 Å². The summed E-state index contributed by atoms with van der Waals surface area (Å²) in [6.45, 7) is 1.77. The molecule has 0 saturated heterocycles. The number of carbonyl (C=O) groups is 1. The Hall–Kier alpha value is -1.00. The normalized spacial score (nSPS) is 13.5. The molecule has 0 unspecified atom stereocenters. The van der Waals surface area contributed by atoms with Crippen LogP contribution in [0.5, 0.6) is 0 Å². The van der Waals surface area contributed by atoms with E-state index < -0.39 is 22.0 Å². The summed E-state index contributed by atoms with van der Waals surface area (Å²) in [5, 5.41) is 15.8. The number of rotatable bonds is 6. The van der Waals surface area contributed by atoms with Crippen molar-refractivity contribution in [2.24, 2.45) is 7.05 Å². The van der Waals surface area contributed by atoms with E-state index in [-0.39, 0.29) is 16.0 Å². The van der Waals surface area contributed by atoms with Crippen LogP contribution in [0, 0.1) is 0 Å². The van der Waals surface area contributed by atoms with Crippen molar-refractivity contribution in [3.8, 4) is 0 Å². The van der Waals surface area contributed by atoms with Crippen LogP contribution >= 0.6 is 15.9 Å². The van der Waals surface area contributed by atoms with E-state index in [2.05, 4.69) is 31.0 Å². The Morgan fingerprint density at radius 3 is 2.61 bits per heavy atom. The molecule has 0 aliphatic heterocycles. The van der Waals surface area contributed by atoms with Crippen LogP contribution in [0.3, 0.4) is 0 Å². The van der Waals surface area contributed by atoms with E-state index in [4.69, 9.17) is 5.11 Å². The van der Waals surface area contributed by atoms with Crippen LogP contribution in [-0.2, 0) is 21.9 Å². The lowest BCUT2D eigenvalue weighted by Gasteiger charge is -2.13. The zero-order chi connectivity index (χ0) is 13.9. The minimum atomic E-state index is -3.98. The van der Waals surface area contributed by atoms with E-state index >= 15 is 0 Å². The van der Waals surface area contributed by atoms with Crippen molar-refractivity contribution >= 4 is 31.9 Å². The van der Waals surface area contributed by atoms with E-state index in [1.807, 2.05) is 0 Å². The van der Waals surface area contributed by atoms with Crippen LogP contribution in [0.2, 0.25) is 0 Å². The highest BCUT2D eigenvalue weighted by molar-refractivity contribution is 9.10. The van der Waals surface area contributed by atoms with E-state index in [0.29, 0.717) is 6.42 Å². The number of hydrogen-bond acceptors (Lipinski definition) is 5. The molecule has 8 nitrogen and oxygen atoms in total. The second-order valence-corrected chi connectivity index (χ2v) is 5.99. The maximum Gasteiger partial charge on any atom is 0.321 e. The van der Waals surface area contributed by atoms with Gasteiger partial charge in [0.25, 0.3) is 10.0 Å². The van der Waals surface area contributed by atoms with Gasteiger partial charge in [-0.1, -0.05) is 18.6 Å². The fourth-order valence-corrected chi connectivity index (χ4v) is 3.69. The Labute approximate surface area is 113 Å². The molecule has 1 heterocycles. The topological polar surface area (TPSA) is 114 Å². The highest BCUT2D eigenvalue weighted by atomic mass is 79.9. The molecule has 1 atom stereocenters. The standard InChI is InChI=1S/C8H13BrN4O4S/c1-3-4-5(8(14)15)11-18(16,17)7-6(9)10-12-13(7)2/h5,11H,3-4H2,1-2H3,(H,14,15)/t5-/m1/s1. The van der Waals surface area contributed by atoms with Crippen molar-refractivity contribution in [2.45, 2.75) is 30.8 Å². The highest BCUT2D eigenvalue weighted by Crippen LogP contribution is 2.18. The fourth-order valence-electron chi connectivity index (χ4n) is 1.37. The predicted molar refractivity (Wildman–Crippen MR) is 65.4 cm³/mol. The molecular formula is C8H13BrN4O4S. The molecule has 2 N–H and O–H groups in total. The maximum absolute atomic E-state index is 12.0. The molecule has 0 aliphatic rings. The maximum atomic E-state index is 12.0. The van der Waals surface area contributed by atoms with Crippen LogP contribution < -0.4 is 4.72 Å². The van der Waals surface area contributed by atoms with Crippen LogP contribution in [0.25, 0.3) is 0 Å². The average molecular weight is 341 g/mol. The van der Waals surface area contributed by atoms with Gasteiger partial charge in [-0.25, -0.2) is 13.1 Å². The number of hydrogen-bond donors (Lipinski definition) is 2. The molecule has 18 heavy (non-hydrogen) atoms. The van der Waals surface area contributed by atoms with E-state index in [1.165, 1.54) is 7.05 Å². The molecule has 0 spiro atoms. The summed E-state index contributed by atoms with van der Waals surface area (Å²) in [6, 6.07) is -1.17. The van der Waals surface area contributed by atoms with Crippen molar-refractivity contribution < 1.29 is 18.3 Å². The lowest BCUT2D eigenvalue weighted by Crippen LogP contribution is -2.41. The van der Waals surface area contributed by atoms with Gasteiger partial charge in [0, 0.05) is 7.05 Å². The third-order valence-electron chi connectivity index (χ3n) is 2.16. The van der Waals surface area contributed by atoms with Crippen LogP contribution in [-0.4, -0.2) is 40.5 Å². The molecule has 1 aromatic heterocycles.